The predicted octanol–water partition coefficient (Wildman–Crippen LogP) is 3.63. The van der Waals surface area contributed by atoms with Crippen molar-refractivity contribution in [2.24, 2.45) is 0 Å². The Morgan fingerprint density at radius 2 is 1.69 bits per heavy atom. The first-order valence-electron chi connectivity index (χ1n) is 4.88. The molecule has 1 rings (SSSR count). The van der Waals surface area contributed by atoms with Crippen molar-refractivity contribution in [2.75, 3.05) is 6.61 Å². The lowest BCUT2D eigenvalue weighted by atomic mass is 9.81. The first-order valence-corrected chi connectivity index (χ1v) is 4.88. The molecule has 0 atom stereocenters. The van der Waals surface area contributed by atoms with E-state index in [-0.39, 0.29) is 0 Å². The number of hydrogen-bond donors (Lipinski definition) is 0. The van der Waals surface area contributed by atoms with Crippen molar-refractivity contribution in [3.05, 3.63) is 41.4 Å². The van der Waals surface area contributed by atoms with Crippen LogP contribution in [0.2, 0.25) is 0 Å². The second-order valence-electron chi connectivity index (χ2n) is 3.85. The molecule has 0 aliphatic rings. The van der Waals surface area contributed by atoms with Crippen LogP contribution in [0.15, 0.2) is 30.3 Å². The van der Waals surface area contributed by atoms with Crippen LogP contribution in [0, 0.1) is 13.8 Å². The third kappa shape index (κ3) is 3.64. The summed E-state index contributed by atoms with van der Waals surface area (Å²) in [6.07, 6.45) is 0. The fourth-order valence-electron chi connectivity index (χ4n) is 1.29. The Morgan fingerprint density at radius 1 is 1.19 bits per heavy atom. The highest BCUT2D eigenvalue weighted by Crippen LogP contribution is 2.21. The van der Waals surface area contributed by atoms with E-state index in [1.807, 2.05) is 19.9 Å². The minimum absolute atomic E-state index is 0.443. The highest BCUT2D eigenvalue weighted by atomic mass is 19.4. The minimum Gasteiger partial charge on any atom is -0.492 e. The maximum atomic E-state index is 12.2. The number of halogens is 3. The van der Waals surface area contributed by atoms with Crippen LogP contribution < -0.4 is 4.74 Å². The molecule has 0 saturated carbocycles. The molecular formula is C11H13BF3O-. The van der Waals surface area contributed by atoms with Gasteiger partial charge in [-0.3, -0.25) is 0 Å². The van der Waals surface area contributed by atoms with Gasteiger partial charge < -0.3 is 17.7 Å². The third-order valence-corrected chi connectivity index (χ3v) is 2.08. The lowest BCUT2D eigenvalue weighted by molar-refractivity contribution is 0.346. The van der Waals surface area contributed by atoms with E-state index in [9.17, 15) is 12.9 Å². The Hall–Kier alpha value is -1.39. The third-order valence-electron chi connectivity index (χ3n) is 2.08. The second kappa shape index (κ2) is 4.64. The zero-order chi connectivity index (χ0) is 12.3. The van der Waals surface area contributed by atoms with Crippen LogP contribution in [0.1, 0.15) is 11.1 Å². The average Bonchev–Trinajstić information content (AvgIpc) is 2.11. The van der Waals surface area contributed by atoms with E-state index in [1.165, 1.54) is 0 Å². The van der Waals surface area contributed by atoms with Gasteiger partial charge in [0.05, 0.1) is 6.61 Å². The molecule has 0 heterocycles. The van der Waals surface area contributed by atoms with E-state index in [2.05, 4.69) is 6.58 Å². The number of aryl methyl sites for hydroxylation is 2. The molecule has 0 unspecified atom stereocenters. The van der Waals surface area contributed by atoms with Gasteiger partial charge in [0, 0.05) is 0 Å². The van der Waals surface area contributed by atoms with E-state index >= 15 is 0 Å². The smallest absolute Gasteiger partial charge is 0.492 e. The van der Waals surface area contributed by atoms with Crippen LogP contribution in [-0.2, 0) is 0 Å². The van der Waals surface area contributed by atoms with Gasteiger partial charge >= 0.3 is 6.98 Å². The standard InChI is InChI=1S/C11H13BF3O/c1-8-4-9(2)6-11(5-8)16-7-10(3)12(13,14)15/h4-6H,3,7H2,1-2H3/q-1. The summed E-state index contributed by atoms with van der Waals surface area (Å²) in [4.78, 5) is 0. The SMILES string of the molecule is C=C(COc1cc(C)cc(C)c1)[B-](F)(F)F. The van der Waals surface area contributed by atoms with Gasteiger partial charge in [0.2, 0.25) is 0 Å². The Labute approximate surface area is 93.0 Å². The van der Waals surface area contributed by atoms with Crippen LogP contribution in [0.4, 0.5) is 12.9 Å². The van der Waals surface area contributed by atoms with Gasteiger partial charge in [-0.15, -0.1) is 12.1 Å². The molecule has 0 spiro atoms. The Bertz CT molecular complexity index is 378. The Morgan fingerprint density at radius 3 is 2.12 bits per heavy atom. The number of rotatable bonds is 4. The second-order valence-corrected chi connectivity index (χ2v) is 3.85. The summed E-state index contributed by atoms with van der Waals surface area (Å²) in [6, 6.07) is 5.32. The first kappa shape index (κ1) is 12.7. The summed E-state index contributed by atoms with van der Waals surface area (Å²) in [6.45, 7) is 1.18. The Kier molecular flexibility index (Phi) is 3.68. The van der Waals surface area contributed by atoms with E-state index < -0.39 is 19.1 Å². The molecule has 0 aromatic heterocycles. The van der Waals surface area contributed by atoms with Crippen molar-refractivity contribution in [1.82, 2.24) is 0 Å². The van der Waals surface area contributed by atoms with Gasteiger partial charge in [-0.1, -0.05) is 6.07 Å². The van der Waals surface area contributed by atoms with E-state index in [1.54, 1.807) is 12.1 Å². The summed E-state index contributed by atoms with van der Waals surface area (Å²) in [7, 11) is 0. The highest BCUT2D eigenvalue weighted by molar-refractivity contribution is 6.66. The summed E-state index contributed by atoms with van der Waals surface area (Å²) < 4.78 is 41.6. The van der Waals surface area contributed by atoms with Crippen molar-refractivity contribution in [1.29, 1.82) is 0 Å². The summed E-state index contributed by atoms with van der Waals surface area (Å²) in [5, 5.41) is 0. The van der Waals surface area contributed by atoms with Crippen molar-refractivity contribution in [2.45, 2.75) is 13.8 Å². The monoisotopic (exact) mass is 229 g/mol. The molecule has 0 N–H and O–H groups in total. The lowest BCUT2D eigenvalue weighted by Gasteiger charge is -2.18. The van der Waals surface area contributed by atoms with Crippen LogP contribution in [-0.4, -0.2) is 13.6 Å². The quantitative estimate of drug-likeness (QED) is 0.716. The molecule has 0 aliphatic carbocycles. The van der Waals surface area contributed by atoms with Gasteiger partial charge in [-0.05, 0) is 37.1 Å². The highest BCUT2D eigenvalue weighted by Gasteiger charge is 2.26. The van der Waals surface area contributed by atoms with Crippen LogP contribution >= 0.6 is 0 Å². The average molecular weight is 229 g/mol. The molecule has 5 heteroatoms. The van der Waals surface area contributed by atoms with Gasteiger partial charge in [-0.25, -0.2) is 0 Å². The van der Waals surface area contributed by atoms with Gasteiger partial charge in [0.15, 0.2) is 0 Å². The van der Waals surface area contributed by atoms with Crippen LogP contribution in [0.5, 0.6) is 5.75 Å². The molecule has 0 radical (unpaired) electrons. The van der Waals surface area contributed by atoms with Crippen molar-refractivity contribution in [3.8, 4) is 5.75 Å². The van der Waals surface area contributed by atoms with E-state index in [0.29, 0.717) is 5.75 Å². The van der Waals surface area contributed by atoms with Gasteiger partial charge in [-0.2, -0.15) is 0 Å². The molecule has 88 valence electrons. The summed E-state index contributed by atoms with van der Waals surface area (Å²) in [5.41, 5.74) is 1.09. The fourth-order valence-corrected chi connectivity index (χ4v) is 1.29. The molecule has 0 saturated heterocycles. The lowest BCUT2D eigenvalue weighted by Crippen LogP contribution is -2.23. The largest absolute Gasteiger partial charge is 0.508 e. The number of hydrogen-bond acceptors (Lipinski definition) is 1. The molecular weight excluding hydrogens is 216 g/mol. The fraction of sp³-hybridized carbons (Fsp3) is 0.273. The summed E-state index contributed by atoms with van der Waals surface area (Å²) >= 11 is 0. The molecule has 1 aromatic rings. The molecule has 0 aliphatic heterocycles. The minimum atomic E-state index is -5.01. The predicted molar refractivity (Wildman–Crippen MR) is 59.6 cm³/mol. The normalized spacial score (nSPS) is 11.3. The van der Waals surface area contributed by atoms with Gasteiger partial charge in [0.1, 0.15) is 5.75 Å². The topological polar surface area (TPSA) is 9.23 Å². The number of ether oxygens (including phenoxy) is 1. The zero-order valence-corrected chi connectivity index (χ0v) is 9.27. The van der Waals surface area contributed by atoms with E-state index in [0.717, 1.165) is 11.1 Å². The van der Waals surface area contributed by atoms with Gasteiger partial charge in [0.25, 0.3) is 0 Å². The van der Waals surface area contributed by atoms with Crippen molar-refractivity contribution in [3.63, 3.8) is 0 Å². The van der Waals surface area contributed by atoms with Crippen molar-refractivity contribution >= 4 is 6.98 Å². The molecule has 1 nitrogen and oxygen atoms in total. The maximum absolute atomic E-state index is 12.2. The molecule has 16 heavy (non-hydrogen) atoms. The molecule has 0 fully saturated rings. The molecule has 0 amide bonds. The molecule has 0 bridgehead atoms. The summed E-state index contributed by atoms with van der Waals surface area (Å²) in [5.74, 6) is 0.443. The van der Waals surface area contributed by atoms with Crippen molar-refractivity contribution < 1.29 is 17.7 Å². The maximum Gasteiger partial charge on any atom is 0.508 e. The Balaban J connectivity index is 2.65. The molecule has 1 aromatic carbocycles. The van der Waals surface area contributed by atoms with Crippen LogP contribution in [0.25, 0.3) is 0 Å². The zero-order valence-electron chi connectivity index (χ0n) is 9.27. The first-order chi connectivity index (χ1) is 7.29. The number of benzene rings is 1. The van der Waals surface area contributed by atoms with E-state index in [4.69, 9.17) is 4.74 Å². The van der Waals surface area contributed by atoms with Crippen LogP contribution in [0.3, 0.4) is 0 Å².